The summed E-state index contributed by atoms with van der Waals surface area (Å²) in [5, 5.41) is 11.6. The van der Waals surface area contributed by atoms with Crippen molar-refractivity contribution in [3.8, 4) is 6.07 Å². The SMILES string of the molecule is Cc1ccc(Br)cc1CNC(=O)c1ccnc(C#N)c1. The standard InChI is InChI=1S/C15H12BrN3O/c1-10-2-3-13(16)6-12(10)9-19-15(20)11-4-5-18-14(7-11)8-17/h2-7H,9H2,1H3,(H,19,20). The Balaban J connectivity index is 2.09. The summed E-state index contributed by atoms with van der Waals surface area (Å²) in [7, 11) is 0. The van der Waals surface area contributed by atoms with Gasteiger partial charge in [-0.25, -0.2) is 4.98 Å². The number of nitrogens with one attached hydrogen (secondary N) is 1. The van der Waals surface area contributed by atoms with E-state index in [0.29, 0.717) is 12.1 Å². The number of halogens is 1. The van der Waals surface area contributed by atoms with Gasteiger partial charge in [-0.15, -0.1) is 0 Å². The molecule has 1 aromatic carbocycles. The van der Waals surface area contributed by atoms with Gasteiger partial charge in [0.2, 0.25) is 0 Å². The summed E-state index contributed by atoms with van der Waals surface area (Å²) in [6.07, 6.45) is 1.46. The molecule has 1 heterocycles. The van der Waals surface area contributed by atoms with Crippen LogP contribution in [-0.4, -0.2) is 10.9 Å². The molecule has 0 spiro atoms. The number of hydrogen-bond acceptors (Lipinski definition) is 3. The van der Waals surface area contributed by atoms with Gasteiger partial charge in [0.1, 0.15) is 11.8 Å². The van der Waals surface area contributed by atoms with E-state index < -0.39 is 0 Å². The van der Waals surface area contributed by atoms with Crippen LogP contribution in [0, 0.1) is 18.3 Å². The molecule has 0 bridgehead atoms. The van der Waals surface area contributed by atoms with Crippen molar-refractivity contribution in [1.82, 2.24) is 10.3 Å². The lowest BCUT2D eigenvalue weighted by atomic mass is 10.1. The van der Waals surface area contributed by atoms with Crippen LogP contribution < -0.4 is 5.32 Å². The molecule has 1 amide bonds. The topological polar surface area (TPSA) is 65.8 Å². The molecule has 2 aromatic rings. The first-order chi connectivity index (χ1) is 9.60. The van der Waals surface area contributed by atoms with Gasteiger partial charge in [-0.3, -0.25) is 4.79 Å². The molecule has 1 aromatic heterocycles. The van der Waals surface area contributed by atoms with Crippen LogP contribution in [0.1, 0.15) is 27.2 Å². The Bertz CT molecular complexity index is 692. The van der Waals surface area contributed by atoms with Gasteiger partial charge < -0.3 is 5.32 Å². The molecule has 0 radical (unpaired) electrons. The normalized spacial score (nSPS) is 9.85. The van der Waals surface area contributed by atoms with Crippen molar-refractivity contribution in [2.75, 3.05) is 0 Å². The highest BCUT2D eigenvalue weighted by atomic mass is 79.9. The molecule has 0 atom stereocenters. The van der Waals surface area contributed by atoms with E-state index in [1.54, 1.807) is 6.07 Å². The van der Waals surface area contributed by atoms with Crippen LogP contribution in [0.2, 0.25) is 0 Å². The van der Waals surface area contributed by atoms with Crippen LogP contribution in [0.15, 0.2) is 41.0 Å². The first kappa shape index (κ1) is 14.2. The number of nitriles is 1. The minimum atomic E-state index is -0.219. The molecule has 1 N–H and O–H groups in total. The number of carbonyl (C=O) groups excluding carboxylic acids is 1. The second-order valence-corrected chi connectivity index (χ2v) is 5.21. The highest BCUT2D eigenvalue weighted by molar-refractivity contribution is 9.10. The molecule has 4 nitrogen and oxygen atoms in total. The second-order valence-electron chi connectivity index (χ2n) is 4.30. The number of hydrogen-bond donors (Lipinski definition) is 1. The van der Waals surface area contributed by atoms with E-state index in [9.17, 15) is 4.79 Å². The number of aryl methyl sites for hydroxylation is 1. The number of benzene rings is 1. The Hall–Kier alpha value is -2.19. The maximum absolute atomic E-state index is 12.0. The first-order valence-electron chi connectivity index (χ1n) is 5.99. The average Bonchev–Trinajstić information content (AvgIpc) is 2.48. The summed E-state index contributed by atoms with van der Waals surface area (Å²) in [6, 6.07) is 10.9. The van der Waals surface area contributed by atoms with Gasteiger partial charge in [0.05, 0.1) is 0 Å². The van der Waals surface area contributed by atoms with Crippen molar-refractivity contribution >= 4 is 21.8 Å². The zero-order chi connectivity index (χ0) is 14.5. The number of rotatable bonds is 3. The van der Waals surface area contributed by atoms with Gasteiger partial charge in [-0.1, -0.05) is 22.0 Å². The molecule has 0 fully saturated rings. The average molecular weight is 330 g/mol. The lowest BCUT2D eigenvalue weighted by molar-refractivity contribution is 0.0950. The Kier molecular flexibility index (Phi) is 4.49. The molecule has 0 saturated heterocycles. The van der Waals surface area contributed by atoms with Crippen molar-refractivity contribution in [1.29, 1.82) is 5.26 Å². The van der Waals surface area contributed by atoms with E-state index in [-0.39, 0.29) is 11.6 Å². The van der Waals surface area contributed by atoms with Gasteiger partial charge in [0.15, 0.2) is 0 Å². The van der Waals surface area contributed by atoms with Crippen LogP contribution in [0.5, 0.6) is 0 Å². The summed E-state index contributed by atoms with van der Waals surface area (Å²) in [4.78, 5) is 15.9. The third-order valence-corrected chi connectivity index (χ3v) is 3.38. The quantitative estimate of drug-likeness (QED) is 0.941. The third kappa shape index (κ3) is 3.43. The Morgan fingerprint density at radius 2 is 2.20 bits per heavy atom. The van der Waals surface area contributed by atoms with Crippen LogP contribution >= 0.6 is 15.9 Å². The number of aromatic nitrogens is 1. The van der Waals surface area contributed by atoms with Crippen LogP contribution in [0.4, 0.5) is 0 Å². The third-order valence-electron chi connectivity index (χ3n) is 2.89. The monoisotopic (exact) mass is 329 g/mol. The van der Waals surface area contributed by atoms with Crippen molar-refractivity contribution in [3.63, 3.8) is 0 Å². The zero-order valence-electron chi connectivity index (χ0n) is 10.9. The van der Waals surface area contributed by atoms with E-state index in [0.717, 1.165) is 15.6 Å². The van der Waals surface area contributed by atoms with Crippen LogP contribution in [0.25, 0.3) is 0 Å². The highest BCUT2D eigenvalue weighted by Crippen LogP contribution is 2.16. The lowest BCUT2D eigenvalue weighted by Crippen LogP contribution is -2.23. The number of pyridine rings is 1. The van der Waals surface area contributed by atoms with Crippen molar-refractivity contribution < 1.29 is 4.79 Å². The van der Waals surface area contributed by atoms with Crippen molar-refractivity contribution in [2.45, 2.75) is 13.5 Å². The van der Waals surface area contributed by atoms with Crippen LogP contribution in [-0.2, 0) is 6.54 Å². The summed E-state index contributed by atoms with van der Waals surface area (Å²) in [6.45, 7) is 2.43. The van der Waals surface area contributed by atoms with E-state index in [1.165, 1.54) is 12.3 Å². The van der Waals surface area contributed by atoms with E-state index in [2.05, 4.69) is 26.2 Å². The minimum absolute atomic E-state index is 0.219. The molecular weight excluding hydrogens is 318 g/mol. The second kappa shape index (κ2) is 6.31. The van der Waals surface area contributed by atoms with Gasteiger partial charge in [-0.2, -0.15) is 5.26 Å². The first-order valence-corrected chi connectivity index (χ1v) is 6.79. The fraction of sp³-hybridized carbons (Fsp3) is 0.133. The number of carbonyl (C=O) groups is 1. The Morgan fingerprint density at radius 1 is 1.40 bits per heavy atom. The molecule has 20 heavy (non-hydrogen) atoms. The molecular formula is C15H12BrN3O. The molecule has 5 heteroatoms. The predicted octanol–water partition coefficient (Wildman–Crippen LogP) is 2.95. The van der Waals surface area contributed by atoms with E-state index >= 15 is 0 Å². The van der Waals surface area contributed by atoms with Crippen molar-refractivity contribution in [3.05, 3.63) is 63.4 Å². The highest BCUT2D eigenvalue weighted by Gasteiger charge is 2.07. The molecule has 0 aliphatic heterocycles. The van der Waals surface area contributed by atoms with E-state index in [4.69, 9.17) is 5.26 Å². The van der Waals surface area contributed by atoms with E-state index in [1.807, 2.05) is 31.2 Å². The molecule has 0 aliphatic carbocycles. The van der Waals surface area contributed by atoms with Gasteiger partial charge in [0, 0.05) is 22.8 Å². The fourth-order valence-corrected chi connectivity index (χ4v) is 2.15. The summed E-state index contributed by atoms with van der Waals surface area (Å²) < 4.78 is 0.975. The summed E-state index contributed by atoms with van der Waals surface area (Å²) in [5.41, 5.74) is 2.82. The Morgan fingerprint density at radius 3 is 2.95 bits per heavy atom. The largest absolute Gasteiger partial charge is 0.348 e. The maximum Gasteiger partial charge on any atom is 0.251 e. The molecule has 100 valence electrons. The molecule has 0 aliphatic rings. The number of nitrogens with zero attached hydrogens (tertiary/aromatic N) is 2. The zero-order valence-corrected chi connectivity index (χ0v) is 12.4. The molecule has 0 unspecified atom stereocenters. The number of amides is 1. The lowest BCUT2D eigenvalue weighted by Gasteiger charge is -2.08. The fourth-order valence-electron chi connectivity index (χ4n) is 1.74. The van der Waals surface area contributed by atoms with Crippen molar-refractivity contribution in [2.24, 2.45) is 0 Å². The van der Waals surface area contributed by atoms with Gasteiger partial charge >= 0.3 is 0 Å². The minimum Gasteiger partial charge on any atom is -0.348 e. The summed E-state index contributed by atoms with van der Waals surface area (Å²) in [5.74, 6) is -0.219. The maximum atomic E-state index is 12.0. The van der Waals surface area contributed by atoms with Crippen LogP contribution in [0.3, 0.4) is 0 Å². The Labute approximate surface area is 125 Å². The smallest absolute Gasteiger partial charge is 0.251 e. The molecule has 0 saturated carbocycles. The molecule has 2 rings (SSSR count). The van der Waals surface area contributed by atoms with Gasteiger partial charge in [-0.05, 0) is 42.3 Å². The summed E-state index contributed by atoms with van der Waals surface area (Å²) >= 11 is 3.41. The van der Waals surface area contributed by atoms with Gasteiger partial charge in [0.25, 0.3) is 5.91 Å². The predicted molar refractivity (Wildman–Crippen MR) is 79.0 cm³/mol.